The molecule has 1 aliphatic rings. The molecule has 0 saturated carbocycles. The third-order valence-corrected chi connectivity index (χ3v) is 4.81. The van der Waals surface area contributed by atoms with Crippen molar-refractivity contribution in [3.05, 3.63) is 23.0 Å². The van der Waals surface area contributed by atoms with E-state index in [1.807, 2.05) is 13.0 Å². The summed E-state index contributed by atoms with van der Waals surface area (Å²) < 4.78 is 5.35. The molecule has 0 spiro atoms. The minimum atomic E-state index is -0.489. The first-order valence-corrected chi connectivity index (χ1v) is 9.34. The zero-order valence-corrected chi connectivity index (χ0v) is 15.5. The number of nitrogens with two attached hydrogens (primary N) is 1. The predicted molar refractivity (Wildman–Crippen MR) is 101 cm³/mol. The molecular formula is C16H23N7O2S. The van der Waals surface area contributed by atoms with Crippen molar-refractivity contribution < 1.29 is 9.53 Å². The highest BCUT2D eigenvalue weighted by Crippen LogP contribution is 2.22. The standard InChI is InChI=1S/C16H23N7O2S/c1-11-20-13(18-3-2-4-23-5-7-25-8-6-23)9-14(21-11)22-16-19-10-12(26-16)15(17)24/h9-10H,2-8H2,1H3,(H2,17,24)(H2,18,19,20,21,22). The molecule has 9 nitrogen and oxygen atoms in total. The van der Waals surface area contributed by atoms with Gasteiger partial charge in [0.05, 0.1) is 19.4 Å². The highest BCUT2D eigenvalue weighted by Gasteiger charge is 2.10. The van der Waals surface area contributed by atoms with E-state index >= 15 is 0 Å². The molecule has 3 rings (SSSR count). The molecule has 3 heterocycles. The minimum absolute atomic E-state index is 0.403. The quantitative estimate of drug-likeness (QED) is 0.588. The number of carbonyl (C=O) groups excluding carboxylic acids is 1. The number of anilines is 3. The number of primary amides is 1. The molecule has 26 heavy (non-hydrogen) atoms. The van der Waals surface area contributed by atoms with Crippen LogP contribution in [0.1, 0.15) is 21.9 Å². The van der Waals surface area contributed by atoms with Gasteiger partial charge in [-0.25, -0.2) is 15.0 Å². The molecule has 0 radical (unpaired) electrons. The Bertz CT molecular complexity index is 746. The zero-order chi connectivity index (χ0) is 18.4. The maximum atomic E-state index is 11.2. The second-order valence-electron chi connectivity index (χ2n) is 5.94. The lowest BCUT2D eigenvalue weighted by molar-refractivity contribution is 0.0378. The fourth-order valence-electron chi connectivity index (χ4n) is 2.62. The van der Waals surface area contributed by atoms with Crippen molar-refractivity contribution in [1.29, 1.82) is 0 Å². The van der Waals surface area contributed by atoms with Crippen LogP contribution in [0.4, 0.5) is 16.8 Å². The Balaban J connectivity index is 1.52. The molecule has 1 aliphatic heterocycles. The Labute approximate surface area is 156 Å². The summed E-state index contributed by atoms with van der Waals surface area (Å²) in [6.07, 6.45) is 2.48. The molecule has 4 N–H and O–H groups in total. The number of thiazole rings is 1. The second-order valence-corrected chi connectivity index (χ2v) is 6.97. The van der Waals surface area contributed by atoms with Gasteiger partial charge in [0.2, 0.25) is 0 Å². The van der Waals surface area contributed by atoms with Crippen LogP contribution in [-0.4, -0.2) is 65.2 Å². The summed E-state index contributed by atoms with van der Waals surface area (Å²) in [6.45, 7) is 7.35. The number of nitrogens with one attached hydrogen (secondary N) is 2. The zero-order valence-electron chi connectivity index (χ0n) is 14.7. The SMILES string of the molecule is Cc1nc(NCCCN2CCOCC2)cc(Nc2ncc(C(N)=O)s2)n1. The summed E-state index contributed by atoms with van der Waals surface area (Å²) in [5.74, 6) is 1.54. The van der Waals surface area contributed by atoms with Crippen molar-refractivity contribution in [3.8, 4) is 0 Å². The van der Waals surface area contributed by atoms with Crippen LogP contribution in [0.2, 0.25) is 0 Å². The summed E-state index contributed by atoms with van der Waals surface area (Å²) in [7, 11) is 0. The van der Waals surface area contributed by atoms with Crippen molar-refractivity contribution in [2.75, 3.05) is 50.0 Å². The Kier molecular flexibility index (Phi) is 6.31. The van der Waals surface area contributed by atoms with Crippen LogP contribution in [0.5, 0.6) is 0 Å². The Morgan fingerprint density at radius 1 is 1.35 bits per heavy atom. The molecule has 0 atom stereocenters. The Morgan fingerprint density at radius 2 is 2.12 bits per heavy atom. The van der Waals surface area contributed by atoms with Gasteiger partial charge < -0.3 is 21.1 Å². The van der Waals surface area contributed by atoms with E-state index in [9.17, 15) is 4.79 Å². The number of morpholine rings is 1. The lowest BCUT2D eigenvalue weighted by Crippen LogP contribution is -2.37. The van der Waals surface area contributed by atoms with Crippen LogP contribution in [0, 0.1) is 6.92 Å². The van der Waals surface area contributed by atoms with E-state index in [2.05, 4.69) is 30.5 Å². The fourth-order valence-corrected chi connectivity index (χ4v) is 3.30. The Hall–Kier alpha value is -2.30. The van der Waals surface area contributed by atoms with Crippen molar-refractivity contribution in [2.45, 2.75) is 13.3 Å². The first-order valence-electron chi connectivity index (χ1n) is 8.52. The first kappa shape index (κ1) is 18.5. The number of carbonyl (C=O) groups is 1. The van der Waals surface area contributed by atoms with Gasteiger partial charge in [0.15, 0.2) is 5.13 Å². The van der Waals surface area contributed by atoms with Gasteiger partial charge in [-0.1, -0.05) is 11.3 Å². The van der Waals surface area contributed by atoms with Crippen molar-refractivity contribution >= 4 is 34.0 Å². The molecule has 1 amide bonds. The number of ether oxygens (including phenoxy) is 1. The van der Waals surface area contributed by atoms with Crippen LogP contribution in [0.15, 0.2) is 12.3 Å². The average Bonchev–Trinajstić information content (AvgIpc) is 3.08. The highest BCUT2D eigenvalue weighted by molar-refractivity contribution is 7.17. The molecule has 0 bridgehead atoms. The summed E-state index contributed by atoms with van der Waals surface area (Å²) >= 11 is 1.19. The van der Waals surface area contributed by atoms with Gasteiger partial charge >= 0.3 is 0 Å². The third kappa shape index (κ3) is 5.35. The number of hydrogen-bond acceptors (Lipinski definition) is 9. The van der Waals surface area contributed by atoms with Gasteiger partial charge in [-0.3, -0.25) is 9.69 Å². The van der Waals surface area contributed by atoms with Gasteiger partial charge in [0, 0.05) is 25.7 Å². The number of hydrogen-bond donors (Lipinski definition) is 3. The fraction of sp³-hybridized carbons (Fsp3) is 0.500. The molecule has 0 aromatic carbocycles. The Morgan fingerprint density at radius 3 is 2.85 bits per heavy atom. The maximum absolute atomic E-state index is 11.2. The van der Waals surface area contributed by atoms with Crippen molar-refractivity contribution in [2.24, 2.45) is 5.73 Å². The number of amides is 1. The minimum Gasteiger partial charge on any atom is -0.379 e. The summed E-state index contributed by atoms with van der Waals surface area (Å²) in [4.78, 5) is 26.8. The van der Waals surface area contributed by atoms with E-state index in [4.69, 9.17) is 10.5 Å². The molecule has 140 valence electrons. The van der Waals surface area contributed by atoms with Gasteiger partial charge in [-0.05, 0) is 19.9 Å². The number of aromatic nitrogens is 3. The summed E-state index contributed by atoms with van der Waals surface area (Å²) in [5, 5.41) is 6.99. The monoisotopic (exact) mass is 377 g/mol. The molecule has 2 aromatic rings. The maximum Gasteiger partial charge on any atom is 0.260 e. The van der Waals surface area contributed by atoms with E-state index in [0.717, 1.165) is 51.6 Å². The molecule has 1 fully saturated rings. The van der Waals surface area contributed by atoms with Gasteiger partial charge in [0.1, 0.15) is 22.3 Å². The third-order valence-electron chi connectivity index (χ3n) is 3.88. The predicted octanol–water partition coefficient (Wildman–Crippen LogP) is 1.22. The van der Waals surface area contributed by atoms with Crippen LogP contribution in [0.25, 0.3) is 0 Å². The first-order chi connectivity index (χ1) is 12.6. The van der Waals surface area contributed by atoms with Crippen LogP contribution in [-0.2, 0) is 4.74 Å². The van der Waals surface area contributed by atoms with E-state index in [0.29, 0.717) is 21.7 Å². The summed E-state index contributed by atoms with van der Waals surface area (Å²) in [5.41, 5.74) is 5.25. The normalized spacial score (nSPS) is 15.0. The lowest BCUT2D eigenvalue weighted by atomic mass is 10.3. The summed E-state index contributed by atoms with van der Waals surface area (Å²) in [6, 6.07) is 1.83. The van der Waals surface area contributed by atoms with E-state index in [1.54, 1.807) is 0 Å². The molecule has 1 saturated heterocycles. The van der Waals surface area contributed by atoms with Crippen LogP contribution >= 0.6 is 11.3 Å². The molecule has 0 aliphatic carbocycles. The van der Waals surface area contributed by atoms with E-state index < -0.39 is 5.91 Å². The van der Waals surface area contributed by atoms with Crippen LogP contribution < -0.4 is 16.4 Å². The van der Waals surface area contributed by atoms with E-state index in [1.165, 1.54) is 17.5 Å². The number of nitrogens with zero attached hydrogens (tertiary/aromatic N) is 4. The van der Waals surface area contributed by atoms with Gasteiger partial charge in [-0.15, -0.1) is 0 Å². The average molecular weight is 377 g/mol. The number of rotatable bonds is 8. The number of aryl methyl sites for hydroxylation is 1. The highest BCUT2D eigenvalue weighted by atomic mass is 32.1. The molecule has 0 unspecified atom stereocenters. The second kappa shape index (κ2) is 8.88. The van der Waals surface area contributed by atoms with Crippen molar-refractivity contribution in [3.63, 3.8) is 0 Å². The van der Waals surface area contributed by atoms with Gasteiger partial charge in [-0.2, -0.15) is 0 Å². The van der Waals surface area contributed by atoms with Crippen LogP contribution in [0.3, 0.4) is 0 Å². The smallest absolute Gasteiger partial charge is 0.260 e. The molecule has 2 aromatic heterocycles. The molecule has 10 heteroatoms. The van der Waals surface area contributed by atoms with E-state index in [-0.39, 0.29) is 0 Å². The largest absolute Gasteiger partial charge is 0.379 e. The molecular weight excluding hydrogens is 354 g/mol. The topological polar surface area (TPSA) is 118 Å². The van der Waals surface area contributed by atoms with Gasteiger partial charge in [0.25, 0.3) is 5.91 Å². The lowest BCUT2D eigenvalue weighted by Gasteiger charge is -2.26. The van der Waals surface area contributed by atoms with Crippen molar-refractivity contribution in [1.82, 2.24) is 19.9 Å².